The van der Waals surface area contributed by atoms with Crippen molar-refractivity contribution in [3.63, 3.8) is 0 Å². The number of hydrogen-bond acceptors (Lipinski definition) is 2. The molecule has 4 aliphatic carbocycles. The Balaban J connectivity index is 1.74. The molecule has 4 fully saturated rings. The van der Waals surface area contributed by atoms with Crippen LogP contribution in [0.4, 0.5) is 0 Å². The maximum absolute atomic E-state index is 12.1. The van der Waals surface area contributed by atoms with Crippen molar-refractivity contribution < 1.29 is 4.79 Å². The van der Waals surface area contributed by atoms with Crippen molar-refractivity contribution in [3.05, 3.63) is 12.7 Å². The van der Waals surface area contributed by atoms with Crippen LogP contribution in [-0.4, -0.2) is 18.5 Å². The maximum Gasteiger partial charge on any atom is 0.237 e. The molecule has 1 atom stereocenters. The summed E-state index contributed by atoms with van der Waals surface area (Å²) in [5, 5.41) is 2.88. The molecule has 3 N–H and O–H groups in total. The van der Waals surface area contributed by atoms with Crippen LogP contribution < -0.4 is 11.1 Å². The Morgan fingerprint density at radius 3 is 2.22 bits per heavy atom. The zero-order valence-corrected chi connectivity index (χ0v) is 11.0. The van der Waals surface area contributed by atoms with Crippen molar-refractivity contribution in [3.8, 4) is 0 Å². The largest absolute Gasteiger partial charge is 0.351 e. The van der Waals surface area contributed by atoms with E-state index >= 15 is 0 Å². The molecule has 0 aromatic heterocycles. The van der Waals surface area contributed by atoms with Gasteiger partial charge in [0.15, 0.2) is 0 Å². The summed E-state index contributed by atoms with van der Waals surface area (Å²) < 4.78 is 0. The molecule has 0 aliphatic heterocycles. The zero-order valence-electron chi connectivity index (χ0n) is 11.0. The average Bonchev–Trinajstić information content (AvgIpc) is 2.33. The van der Waals surface area contributed by atoms with E-state index in [4.69, 9.17) is 5.73 Å². The summed E-state index contributed by atoms with van der Waals surface area (Å²) in [5.41, 5.74) is 6.42. The summed E-state index contributed by atoms with van der Waals surface area (Å²) in [7, 11) is 0. The van der Waals surface area contributed by atoms with Crippen LogP contribution in [0.3, 0.4) is 0 Å². The molecular formula is C15H24N2O. The van der Waals surface area contributed by atoms with Gasteiger partial charge >= 0.3 is 0 Å². The summed E-state index contributed by atoms with van der Waals surface area (Å²) >= 11 is 0. The van der Waals surface area contributed by atoms with E-state index in [9.17, 15) is 4.79 Å². The molecule has 4 bridgehead atoms. The second-order valence-corrected chi connectivity index (χ2v) is 6.79. The third-order valence-corrected chi connectivity index (χ3v) is 5.45. The predicted molar refractivity (Wildman–Crippen MR) is 71.8 cm³/mol. The molecule has 0 heterocycles. The van der Waals surface area contributed by atoms with Gasteiger partial charge in [0.05, 0.1) is 6.04 Å². The molecule has 4 aliphatic rings. The van der Waals surface area contributed by atoms with Gasteiger partial charge in [-0.05, 0) is 61.7 Å². The zero-order chi connectivity index (χ0) is 12.8. The number of amides is 1. The predicted octanol–water partition coefficient (Wildman–Crippen LogP) is 1.83. The van der Waals surface area contributed by atoms with Gasteiger partial charge in [0, 0.05) is 6.54 Å². The van der Waals surface area contributed by atoms with Gasteiger partial charge in [0.2, 0.25) is 5.91 Å². The van der Waals surface area contributed by atoms with Gasteiger partial charge < -0.3 is 11.1 Å². The summed E-state index contributed by atoms with van der Waals surface area (Å²) in [4.78, 5) is 12.1. The molecule has 0 spiro atoms. The smallest absolute Gasteiger partial charge is 0.237 e. The van der Waals surface area contributed by atoms with Crippen molar-refractivity contribution in [2.45, 2.75) is 44.6 Å². The van der Waals surface area contributed by atoms with Gasteiger partial charge in [-0.15, -0.1) is 6.58 Å². The first kappa shape index (κ1) is 12.2. The first-order chi connectivity index (χ1) is 8.63. The van der Waals surface area contributed by atoms with Crippen LogP contribution in [-0.2, 0) is 4.79 Å². The van der Waals surface area contributed by atoms with Gasteiger partial charge in [-0.3, -0.25) is 4.79 Å². The Labute approximate surface area is 109 Å². The molecule has 0 saturated heterocycles. The Bertz CT molecular complexity index is 328. The van der Waals surface area contributed by atoms with Crippen molar-refractivity contribution in [2.24, 2.45) is 28.9 Å². The fourth-order valence-electron chi connectivity index (χ4n) is 5.12. The number of hydrogen-bond donors (Lipinski definition) is 2. The monoisotopic (exact) mass is 248 g/mol. The first-order valence-corrected chi connectivity index (χ1v) is 7.27. The highest BCUT2D eigenvalue weighted by molar-refractivity contribution is 5.82. The summed E-state index contributed by atoms with van der Waals surface area (Å²) in [6, 6.07) is -0.314. The minimum Gasteiger partial charge on any atom is -0.351 e. The Morgan fingerprint density at radius 1 is 1.28 bits per heavy atom. The van der Waals surface area contributed by atoms with Crippen LogP contribution >= 0.6 is 0 Å². The van der Waals surface area contributed by atoms with E-state index in [1.54, 1.807) is 6.08 Å². The molecule has 18 heavy (non-hydrogen) atoms. The maximum atomic E-state index is 12.1. The topological polar surface area (TPSA) is 55.1 Å². The standard InChI is InChI=1S/C15H24N2O/c1-2-3-17-14(18)13(16)15-7-10-4-11(8-15)6-12(5-10)9-15/h2,10-13H,1,3-9,16H2,(H,17,18). The number of carbonyl (C=O) groups excluding carboxylic acids is 1. The number of rotatable bonds is 4. The van der Waals surface area contributed by atoms with Crippen LogP contribution in [0.2, 0.25) is 0 Å². The molecule has 0 aromatic rings. The molecule has 3 nitrogen and oxygen atoms in total. The second kappa shape index (κ2) is 4.37. The molecule has 4 rings (SSSR count). The van der Waals surface area contributed by atoms with E-state index in [0.717, 1.165) is 17.8 Å². The van der Waals surface area contributed by atoms with Crippen LogP contribution in [0.25, 0.3) is 0 Å². The van der Waals surface area contributed by atoms with Crippen LogP contribution in [0.5, 0.6) is 0 Å². The van der Waals surface area contributed by atoms with Crippen LogP contribution in [0, 0.1) is 23.2 Å². The lowest BCUT2D eigenvalue weighted by Gasteiger charge is -2.58. The SMILES string of the molecule is C=CCNC(=O)C(N)C12CC3CC(CC(C3)C1)C2. The normalized spacial score (nSPS) is 42.6. The molecule has 1 unspecified atom stereocenters. The quantitative estimate of drug-likeness (QED) is 0.746. The fraction of sp³-hybridized carbons (Fsp3) is 0.800. The lowest BCUT2D eigenvalue weighted by atomic mass is 9.47. The first-order valence-electron chi connectivity index (χ1n) is 7.27. The molecule has 100 valence electrons. The second-order valence-electron chi connectivity index (χ2n) is 6.79. The molecular weight excluding hydrogens is 224 g/mol. The van der Waals surface area contributed by atoms with Crippen LogP contribution in [0.1, 0.15) is 38.5 Å². The highest BCUT2D eigenvalue weighted by Gasteiger charge is 2.54. The highest BCUT2D eigenvalue weighted by atomic mass is 16.2. The highest BCUT2D eigenvalue weighted by Crippen LogP contribution is 2.60. The number of nitrogens with two attached hydrogens (primary N) is 1. The van der Waals surface area contributed by atoms with Crippen molar-refractivity contribution in [1.29, 1.82) is 0 Å². The molecule has 3 heteroatoms. The van der Waals surface area contributed by atoms with Gasteiger partial charge in [-0.2, -0.15) is 0 Å². The number of nitrogens with one attached hydrogen (secondary N) is 1. The van der Waals surface area contributed by atoms with Gasteiger partial charge in [-0.1, -0.05) is 6.08 Å². The third-order valence-electron chi connectivity index (χ3n) is 5.45. The Hall–Kier alpha value is -0.830. The minimum atomic E-state index is -0.314. The lowest BCUT2D eigenvalue weighted by molar-refractivity contribution is -0.132. The van der Waals surface area contributed by atoms with Gasteiger partial charge in [0.1, 0.15) is 0 Å². The summed E-state index contributed by atoms with van der Waals surface area (Å²) in [5.74, 6) is 2.55. The van der Waals surface area contributed by atoms with Crippen molar-refractivity contribution >= 4 is 5.91 Å². The summed E-state index contributed by atoms with van der Waals surface area (Å²) in [6.07, 6.45) is 9.43. The molecule has 0 radical (unpaired) electrons. The minimum absolute atomic E-state index is 0.0249. The third kappa shape index (κ3) is 1.89. The van der Waals surface area contributed by atoms with E-state index in [1.807, 2.05) is 0 Å². The van der Waals surface area contributed by atoms with Crippen LogP contribution in [0.15, 0.2) is 12.7 Å². The Morgan fingerprint density at radius 2 is 1.78 bits per heavy atom. The van der Waals surface area contributed by atoms with E-state index in [1.165, 1.54) is 38.5 Å². The fourth-order valence-corrected chi connectivity index (χ4v) is 5.12. The van der Waals surface area contributed by atoms with E-state index in [2.05, 4.69) is 11.9 Å². The molecule has 0 aromatic carbocycles. The van der Waals surface area contributed by atoms with Crippen molar-refractivity contribution in [1.82, 2.24) is 5.32 Å². The molecule has 1 amide bonds. The van der Waals surface area contributed by atoms with Crippen molar-refractivity contribution in [2.75, 3.05) is 6.54 Å². The summed E-state index contributed by atoms with van der Waals surface area (Å²) in [6.45, 7) is 4.16. The number of carbonyl (C=O) groups is 1. The Kier molecular flexibility index (Phi) is 2.97. The molecule has 4 saturated carbocycles. The van der Waals surface area contributed by atoms with E-state index in [-0.39, 0.29) is 17.4 Å². The van der Waals surface area contributed by atoms with Gasteiger partial charge in [0.25, 0.3) is 0 Å². The average molecular weight is 248 g/mol. The van der Waals surface area contributed by atoms with E-state index in [0.29, 0.717) is 6.54 Å². The lowest BCUT2D eigenvalue weighted by Crippen LogP contribution is -2.59. The van der Waals surface area contributed by atoms with E-state index < -0.39 is 0 Å². The van der Waals surface area contributed by atoms with Gasteiger partial charge in [-0.25, -0.2) is 0 Å².